The van der Waals surface area contributed by atoms with Gasteiger partial charge < -0.3 is 10.6 Å². The first-order valence-electron chi connectivity index (χ1n) is 4.83. The van der Waals surface area contributed by atoms with Crippen molar-refractivity contribution in [2.24, 2.45) is 5.73 Å². The Balaban J connectivity index is 2.17. The molecule has 5 heteroatoms. The lowest BCUT2D eigenvalue weighted by atomic mass is 10.2. The van der Waals surface area contributed by atoms with Crippen molar-refractivity contribution in [2.75, 3.05) is 18.2 Å². The highest BCUT2D eigenvalue weighted by atomic mass is 32.2. The van der Waals surface area contributed by atoms with Gasteiger partial charge in [-0.2, -0.15) is 0 Å². The molecular formula is C10H13N3OS. The molecule has 1 aromatic heterocycles. The largest absolute Gasteiger partial charge is 0.327 e. The fourth-order valence-corrected chi connectivity index (χ4v) is 2.40. The molecule has 0 bridgehead atoms. The second-order valence-electron chi connectivity index (χ2n) is 3.36. The maximum absolute atomic E-state index is 11.9. The minimum absolute atomic E-state index is 0.00954. The van der Waals surface area contributed by atoms with Crippen LogP contribution >= 0.6 is 11.8 Å². The lowest BCUT2D eigenvalue weighted by molar-refractivity contribution is 0.0797. The maximum Gasteiger partial charge on any atom is 0.273 e. The molecule has 1 aliphatic heterocycles. The van der Waals surface area contributed by atoms with Gasteiger partial charge in [-0.3, -0.25) is 9.78 Å². The highest BCUT2D eigenvalue weighted by Gasteiger charge is 2.20. The average Bonchev–Trinajstić information content (AvgIpc) is 2.81. The summed E-state index contributed by atoms with van der Waals surface area (Å²) in [4.78, 5) is 17.8. The van der Waals surface area contributed by atoms with Crippen LogP contribution in [0.25, 0.3) is 0 Å². The topological polar surface area (TPSA) is 59.2 Å². The van der Waals surface area contributed by atoms with Crippen molar-refractivity contribution in [3.05, 3.63) is 29.6 Å². The first-order valence-corrected chi connectivity index (χ1v) is 5.99. The van der Waals surface area contributed by atoms with E-state index in [1.54, 1.807) is 24.0 Å². The van der Waals surface area contributed by atoms with Crippen LogP contribution < -0.4 is 5.73 Å². The minimum Gasteiger partial charge on any atom is -0.327 e. The first-order chi connectivity index (χ1) is 7.31. The molecule has 0 spiro atoms. The second-order valence-corrected chi connectivity index (χ2v) is 4.43. The van der Waals surface area contributed by atoms with Crippen LogP contribution in [0.4, 0.5) is 0 Å². The summed E-state index contributed by atoms with van der Waals surface area (Å²) in [7, 11) is 0. The van der Waals surface area contributed by atoms with E-state index in [0.717, 1.165) is 23.7 Å². The molecule has 1 aromatic rings. The van der Waals surface area contributed by atoms with E-state index in [1.807, 2.05) is 11.0 Å². The zero-order valence-electron chi connectivity index (χ0n) is 8.35. The van der Waals surface area contributed by atoms with Crippen LogP contribution in [0.3, 0.4) is 0 Å². The highest BCUT2D eigenvalue weighted by molar-refractivity contribution is 7.99. The van der Waals surface area contributed by atoms with Gasteiger partial charge in [0.1, 0.15) is 5.69 Å². The van der Waals surface area contributed by atoms with Gasteiger partial charge in [-0.15, -0.1) is 11.8 Å². The summed E-state index contributed by atoms with van der Waals surface area (Å²) in [6.07, 6.45) is 1.64. The van der Waals surface area contributed by atoms with Gasteiger partial charge in [-0.1, -0.05) is 0 Å². The third-order valence-electron chi connectivity index (χ3n) is 2.32. The van der Waals surface area contributed by atoms with Crippen LogP contribution in [0.5, 0.6) is 0 Å². The number of rotatable bonds is 2. The molecule has 1 amide bonds. The van der Waals surface area contributed by atoms with Gasteiger partial charge in [-0.25, -0.2) is 0 Å². The Morgan fingerprint density at radius 1 is 1.67 bits per heavy atom. The lowest BCUT2D eigenvalue weighted by Crippen LogP contribution is -2.28. The number of amides is 1. The summed E-state index contributed by atoms with van der Waals surface area (Å²) in [6.45, 7) is 1.26. The Hall–Kier alpha value is -1.07. The van der Waals surface area contributed by atoms with Crippen molar-refractivity contribution in [3.8, 4) is 0 Å². The van der Waals surface area contributed by atoms with Crippen molar-refractivity contribution in [1.29, 1.82) is 0 Å². The zero-order valence-corrected chi connectivity index (χ0v) is 9.17. The molecule has 0 radical (unpaired) electrons. The Bertz CT molecular complexity index is 363. The number of aromatic nitrogens is 1. The van der Waals surface area contributed by atoms with E-state index >= 15 is 0 Å². The molecule has 2 heterocycles. The third-order valence-corrected chi connectivity index (χ3v) is 3.28. The Morgan fingerprint density at radius 2 is 2.53 bits per heavy atom. The molecule has 0 saturated carbocycles. The van der Waals surface area contributed by atoms with Crippen molar-refractivity contribution in [3.63, 3.8) is 0 Å². The molecule has 1 aliphatic rings. The summed E-state index contributed by atoms with van der Waals surface area (Å²) in [5.74, 6) is 1.80. The Morgan fingerprint density at radius 3 is 3.20 bits per heavy atom. The van der Waals surface area contributed by atoms with E-state index in [1.165, 1.54) is 0 Å². The number of carbonyl (C=O) groups is 1. The fraction of sp³-hybridized carbons (Fsp3) is 0.400. The van der Waals surface area contributed by atoms with Crippen LogP contribution in [-0.2, 0) is 6.54 Å². The Labute approximate surface area is 92.9 Å². The summed E-state index contributed by atoms with van der Waals surface area (Å²) in [6, 6.07) is 3.60. The molecule has 2 N–H and O–H groups in total. The average molecular weight is 223 g/mol. The molecule has 4 nitrogen and oxygen atoms in total. The number of hydrogen-bond donors (Lipinski definition) is 1. The highest BCUT2D eigenvalue weighted by Crippen LogP contribution is 2.16. The van der Waals surface area contributed by atoms with Crippen molar-refractivity contribution < 1.29 is 4.79 Å². The number of nitrogens with two attached hydrogens (primary N) is 1. The number of pyridine rings is 1. The van der Waals surface area contributed by atoms with Crippen LogP contribution in [-0.4, -0.2) is 34.0 Å². The van der Waals surface area contributed by atoms with E-state index in [2.05, 4.69) is 4.98 Å². The fourth-order valence-electron chi connectivity index (χ4n) is 1.45. The smallest absolute Gasteiger partial charge is 0.273 e. The van der Waals surface area contributed by atoms with E-state index in [-0.39, 0.29) is 5.91 Å². The monoisotopic (exact) mass is 223 g/mol. The van der Waals surface area contributed by atoms with E-state index in [9.17, 15) is 4.79 Å². The minimum atomic E-state index is 0.00954. The van der Waals surface area contributed by atoms with Gasteiger partial charge >= 0.3 is 0 Å². The molecule has 0 aromatic carbocycles. The molecule has 0 atom stereocenters. The van der Waals surface area contributed by atoms with Gasteiger partial charge in [0.05, 0.1) is 5.88 Å². The number of carbonyl (C=O) groups excluding carboxylic acids is 1. The molecule has 2 rings (SSSR count). The van der Waals surface area contributed by atoms with Crippen LogP contribution in [0.1, 0.15) is 16.1 Å². The van der Waals surface area contributed by atoms with Gasteiger partial charge in [0, 0.05) is 25.0 Å². The van der Waals surface area contributed by atoms with Crippen LogP contribution in [0.2, 0.25) is 0 Å². The number of nitrogens with zero attached hydrogens (tertiary/aromatic N) is 2. The van der Waals surface area contributed by atoms with E-state index < -0.39 is 0 Å². The predicted octanol–water partition coefficient (Wildman–Crippen LogP) is 0.687. The first kappa shape index (κ1) is 10.4. The SMILES string of the molecule is NCc1ccnc(C(=O)N2CCSC2)c1. The van der Waals surface area contributed by atoms with Crippen molar-refractivity contribution in [2.45, 2.75) is 6.54 Å². The Kier molecular flexibility index (Phi) is 3.23. The summed E-state index contributed by atoms with van der Waals surface area (Å²) >= 11 is 1.77. The summed E-state index contributed by atoms with van der Waals surface area (Å²) < 4.78 is 0. The van der Waals surface area contributed by atoms with E-state index in [0.29, 0.717) is 12.2 Å². The number of hydrogen-bond acceptors (Lipinski definition) is 4. The molecule has 0 unspecified atom stereocenters. The standard InChI is InChI=1S/C10H13N3OS/c11-6-8-1-2-12-9(5-8)10(14)13-3-4-15-7-13/h1-2,5H,3-4,6-7,11H2. The van der Waals surface area contributed by atoms with Gasteiger partial charge in [0.15, 0.2) is 0 Å². The normalized spacial score (nSPS) is 15.7. The molecule has 80 valence electrons. The quantitative estimate of drug-likeness (QED) is 0.801. The summed E-state index contributed by atoms with van der Waals surface area (Å²) in [5.41, 5.74) is 6.96. The summed E-state index contributed by atoms with van der Waals surface area (Å²) in [5, 5.41) is 0. The number of thioether (sulfide) groups is 1. The predicted molar refractivity (Wildman–Crippen MR) is 60.5 cm³/mol. The maximum atomic E-state index is 11.9. The third kappa shape index (κ3) is 2.30. The van der Waals surface area contributed by atoms with E-state index in [4.69, 9.17) is 5.73 Å². The van der Waals surface area contributed by atoms with Crippen molar-refractivity contribution in [1.82, 2.24) is 9.88 Å². The van der Waals surface area contributed by atoms with Crippen LogP contribution in [0.15, 0.2) is 18.3 Å². The molecule has 15 heavy (non-hydrogen) atoms. The van der Waals surface area contributed by atoms with Gasteiger partial charge in [0.2, 0.25) is 0 Å². The van der Waals surface area contributed by atoms with Crippen LogP contribution in [0, 0.1) is 0 Å². The van der Waals surface area contributed by atoms with Crippen molar-refractivity contribution >= 4 is 17.7 Å². The molecule has 1 fully saturated rings. The lowest BCUT2D eigenvalue weighted by Gasteiger charge is -2.13. The second kappa shape index (κ2) is 4.63. The molecular weight excluding hydrogens is 210 g/mol. The molecule has 1 saturated heterocycles. The molecule has 0 aliphatic carbocycles. The van der Waals surface area contributed by atoms with Gasteiger partial charge in [0.25, 0.3) is 5.91 Å². The zero-order chi connectivity index (χ0) is 10.7. The van der Waals surface area contributed by atoms with Gasteiger partial charge in [-0.05, 0) is 17.7 Å².